The number of carbonyl (C=O) groups is 1. The smallest absolute Gasteiger partial charge is 0.390 e. The summed E-state index contributed by atoms with van der Waals surface area (Å²) in [4.78, 5) is 26.1. The lowest BCUT2D eigenvalue weighted by Gasteiger charge is -2.07. The van der Waals surface area contributed by atoms with Crippen LogP contribution in [-0.4, -0.2) is 36.0 Å². The molecule has 2 N–H and O–H groups in total. The molecule has 2 aromatic rings. The zero-order chi connectivity index (χ0) is 15.2. The first-order chi connectivity index (χ1) is 10.1. The van der Waals surface area contributed by atoms with Crippen LogP contribution < -0.4 is 10.9 Å². The minimum Gasteiger partial charge on any atom is -0.390 e. The highest BCUT2D eigenvalue weighted by Gasteiger charge is 2.14. The Morgan fingerprint density at radius 3 is 2.71 bits per heavy atom. The summed E-state index contributed by atoms with van der Waals surface area (Å²) in [7, 11) is 0. The van der Waals surface area contributed by atoms with Crippen LogP contribution in [0.2, 0.25) is 0 Å². The lowest BCUT2D eigenvalue weighted by atomic mass is 10.3. The van der Waals surface area contributed by atoms with Crippen molar-refractivity contribution in [1.82, 2.24) is 36.0 Å². The van der Waals surface area contributed by atoms with Crippen LogP contribution >= 0.6 is 0 Å². The predicted octanol–water partition coefficient (Wildman–Crippen LogP) is -0.271. The number of pyridine rings is 1. The summed E-state index contributed by atoms with van der Waals surface area (Å²) in [5, 5.41) is 20.6. The van der Waals surface area contributed by atoms with Crippen LogP contribution in [0.1, 0.15) is 17.3 Å². The number of aromatic nitrogens is 5. The molecular formula is C10H10N8O3. The molecule has 0 spiro atoms. The van der Waals surface area contributed by atoms with E-state index in [2.05, 4.69) is 31.2 Å². The molecule has 0 aliphatic heterocycles. The molecule has 0 atom stereocenters. The summed E-state index contributed by atoms with van der Waals surface area (Å²) in [6.45, 7) is 1.61. The van der Waals surface area contributed by atoms with Crippen molar-refractivity contribution >= 4 is 18.1 Å². The summed E-state index contributed by atoms with van der Waals surface area (Å²) in [5.74, 6) is -0.970. The minimum atomic E-state index is -0.759. The van der Waals surface area contributed by atoms with Gasteiger partial charge >= 0.3 is 5.95 Å². The van der Waals surface area contributed by atoms with Gasteiger partial charge in [0.05, 0.1) is 21.6 Å². The highest BCUT2D eigenvalue weighted by Crippen LogP contribution is 1.99. The first-order valence-electron chi connectivity index (χ1n) is 5.65. The number of tetrazole rings is 1. The van der Waals surface area contributed by atoms with E-state index in [1.807, 2.05) is 0 Å². The van der Waals surface area contributed by atoms with Gasteiger partial charge in [-0.15, -0.1) is 0 Å². The zero-order valence-corrected chi connectivity index (χ0v) is 10.8. The van der Waals surface area contributed by atoms with E-state index in [1.165, 1.54) is 18.6 Å². The summed E-state index contributed by atoms with van der Waals surface area (Å²) in [6.07, 6.45) is 4.32. The van der Waals surface area contributed by atoms with Gasteiger partial charge in [0.1, 0.15) is 0 Å². The van der Waals surface area contributed by atoms with Gasteiger partial charge in [-0.2, -0.15) is 0 Å². The third kappa shape index (κ3) is 3.79. The molecule has 0 radical (unpaired) electrons. The van der Waals surface area contributed by atoms with E-state index in [0.29, 0.717) is 11.3 Å². The third-order valence-electron chi connectivity index (χ3n) is 2.21. The van der Waals surface area contributed by atoms with Gasteiger partial charge in [-0.25, -0.2) is 0 Å². The van der Waals surface area contributed by atoms with Crippen LogP contribution in [0.25, 0.3) is 6.20 Å². The Hall–Kier alpha value is -3.37. The van der Waals surface area contributed by atoms with E-state index in [-0.39, 0.29) is 5.91 Å². The quantitative estimate of drug-likeness (QED) is 0.566. The monoisotopic (exact) mass is 290 g/mol. The number of nitrogens with one attached hydrogen (secondary N) is 2. The van der Waals surface area contributed by atoms with E-state index in [0.717, 1.165) is 4.80 Å². The predicted molar refractivity (Wildman–Crippen MR) is 69.3 cm³/mol. The number of allylic oxidation sites excluding steroid dienone is 1. The maximum absolute atomic E-state index is 11.7. The molecule has 11 nitrogen and oxygen atoms in total. The molecule has 21 heavy (non-hydrogen) atoms. The summed E-state index contributed by atoms with van der Waals surface area (Å²) in [6, 6.07) is 3.11. The average molecular weight is 290 g/mol. The fourth-order valence-corrected chi connectivity index (χ4v) is 1.28. The van der Waals surface area contributed by atoms with E-state index in [4.69, 9.17) is 0 Å². The molecule has 1 amide bonds. The number of carbonyl (C=O) groups excluding carboxylic acids is 1. The molecule has 11 heteroatoms. The fraction of sp³-hybridized carbons (Fsp3) is 0.100. The highest BCUT2D eigenvalue weighted by molar-refractivity contribution is 5.93. The Kier molecular flexibility index (Phi) is 4.14. The Morgan fingerprint density at radius 2 is 2.10 bits per heavy atom. The zero-order valence-electron chi connectivity index (χ0n) is 10.8. The molecule has 0 saturated carbocycles. The molecular weight excluding hydrogens is 280 g/mol. The van der Waals surface area contributed by atoms with Crippen molar-refractivity contribution < 1.29 is 9.72 Å². The minimum absolute atomic E-state index is 0.359. The third-order valence-corrected chi connectivity index (χ3v) is 2.21. The van der Waals surface area contributed by atoms with Crippen molar-refractivity contribution in [2.75, 3.05) is 0 Å². The van der Waals surface area contributed by atoms with E-state index in [1.54, 1.807) is 19.1 Å². The van der Waals surface area contributed by atoms with Crippen LogP contribution in [0.15, 0.2) is 30.2 Å². The average Bonchev–Trinajstić information content (AvgIpc) is 2.94. The Morgan fingerprint density at radius 1 is 1.38 bits per heavy atom. The van der Waals surface area contributed by atoms with Crippen molar-refractivity contribution in [1.29, 1.82) is 0 Å². The Balaban J connectivity index is 1.94. The fourth-order valence-electron chi connectivity index (χ4n) is 1.28. The normalized spacial score (nSPS) is 11.0. The molecule has 0 aliphatic rings. The molecule has 0 unspecified atom stereocenters. The number of rotatable bonds is 5. The van der Waals surface area contributed by atoms with Gasteiger partial charge in [-0.05, 0) is 24.0 Å². The molecule has 0 aromatic carbocycles. The molecule has 0 aliphatic carbocycles. The number of nitro groups is 1. The van der Waals surface area contributed by atoms with Crippen molar-refractivity contribution in [2.45, 2.75) is 6.92 Å². The second-order valence-electron chi connectivity index (χ2n) is 3.79. The van der Waals surface area contributed by atoms with Crippen molar-refractivity contribution in [3.05, 3.63) is 45.9 Å². The number of hydrogen-bond acceptors (Lipinski definition) is 8. The van der Waals surface area contributed by atoms with E-state index in [9.17, 15) is 14.9 Å². The van der Waals surface area contributed by atoms with Crippen LogP contribution in [0.3, 0.4) is 0 Å². The topological polar surface area (TPSA) is 141 Å². The molecule has 2 heterocycles. The van der Waals surface area contributed by atoms with Crippen molar-refractivity contribution in [2.24, 2.45) is 0 Å². The first kappa shape index (κ1) is 14.0. The maximum atomic E-state index is 11.7. The van der Waals surface area contributed by atoms with Gasteiger partial charge in [-0.1, -0.05) is 4.80 Å². The van der Waals surface area contributed by atoms with E-state index >= 15 is 0 Å². The Bertz CT molecular complexity index is 681. The summed E-state index contributed by atoms with van der Waals surface area (Å²) in [5.41, 5.74) is 5.93. The van der Waals surface area contributed by atoms with E-state index < -0.39 is 10.9 Å². The number of hydrazine groups is 1. The SMILES string of the molecule is C/C(=C\n1nnc([N+](=O)[O-])n1)NNC(=O)c1ccncc1. The van der Waals surface area contributed by atoms with Crippen LogP contribution in [0, 0.1) is 10.1 Å². The first-order valence-corrected chi connectivity index (χ1v) is 5.65. The molecule has 0 bridgehead atoms. The highest BCUT2D eigenvalue weighted by atomic mass is 16.6. The second-order valence-corrected chi connectivity index (χ2v) is 3.79. The van der Waals surface area contributed by atoms with Gasteiger partial charge in [-0.3, -0.25) is 15.2 Å². The van der Waals surface area contributed by atoms with Gasteiger partial charge in [0, 0.05) is 23.7 Å². The van der Waals surface area contributed by atoms with Crippen LogP contribution in [0.5, 0.6) is 0 Å². The van der Waals surface area contributed by atoms with Gasteiger partial charge < -0.3 is 15.5 Å². The van der Waals surface area contributed by atoms with Crippen molar-refractivity contribution in [3.63, 3.8) is 0 Å². The van der Waals surface area contributed by atoms with Gasteiger partial charge in [0.15, 0.2) is 0 Å². The standard InChI is InChI=1S/C10H10N8O3/c1-7(6-17-15-10(14-16-17)18(20)21)12-13-9(19)8-2-4-11-5-3-8/h2-6,12H,1H3,(H,13,19)/b7-6+. The maximum Gasteiger partial charge on any atom is 0.515 e. The molecule has 0 saturated heterocycles. The van der Waals surface area contributed by atoms with Gasteiger partial charge in [0.2, 0.25) is 0 Å². The van der Waals surface area contributed by atoms with Crippen LogP contribution in [-0.2, 0) is 0 Å². The molecule has 2 rings (SSSR count). The lowest BCUT2D eigenvalue weighted by Crippen LogP contribution is -2.36. The lowest BCUT2D eigenvalue weighted by molar-refractivity contribution is -0.394. The largest absolute Gasteiger partial charge is 0.515 e. The van der Waals surface area contributed by atoms with Crippen molar-refractivity contribution in [3.8, 4) is 0 Å². The molecule has 2 aromatic heterocycles. The molecule has 0 fully saturated rings. The Labute approximate surface area is 117 Å². The summed E-state index contributed by atoms with van der Waals surface area (Å²) < 4.78 is 0. The number of amides is 1. The summed E-state index contributed by atoms with van der Waals surface area (Å²) >= 11 is 0. The van der Waals surface area contributed by atoms with Crippen LogP contribution in [0.4, 0.5) is 5.95 Å². The molecule has 108 valence electrons. The van der Waals surface area contributed by atoms with Gasteiger partial charge in [0.25, 0.3) is 5.91 Å². The number of nitrogens with zero attached hydrogens (tertiary/aromatic N) is 6. The number of hydrogen-bond donors (Lipinski definition) is 2. The second kappa shape index (κ2) is 6.18.